The molecule has 3 N–H and O–H groups in total. The van der Waals surface area contributed by atoms with E-state index < -0.39 is 98.6 Å². The van der Waals surface area contributed by atoms with Crippen molar-refractivity contribution in [2.75, 3.05) is 27.4 Å². The topological polar surface area (TPSA) is 168 Å². The molecule has 5 atom stereocenters. The third-order valence-corrected chi connectivity index (χ3v) is 12.6. The van der Waals surface area contributed by atoms with Crippen LogP contribution in [0.1, 0.15) is 25.8 Å². The first kappa shape index (κ1) is 38.0. The minimum absolute atomic E-state index is 0.150. The number of rotatable bonds is 14. The normalized spacial score (nSPS) is 19.6. The average molecular weight is 734 g/mol. The number of thiophene rings is 1. The van der Waals surface area contributed by atoms with E-state index in [0.717, 1.165) is 4.90 Å². The summed E-state index contributed by atoms with van der Waals surface area (Å²) in [5.41, 5.74) is 0.374. The summed E-state index contributed by atoms with van der Waals surface area (Å²) in [7, 11) is -5.83. The molecule has 0 spiro atoms. The van der Waals surface area contributed by atoms with Crippen molar-refractivity contribution in [1.82, 2.24) is 14.9 Å². The molecule has 2 aromatic rings. The molecule has 258 valence electrons. The number of hydrogen-bond acceptors (Lipinski definition) is 10. The number of nitrogens with one attached hydrogen (secondary N) is 2. The van der Waals surface area contributed by atoms with E-state index in [-0.39, 0.29) is 8.55 Å². The highest BCUT2D eigenvalue weighted by Gasteiger charge is 2.49. The van der Waals surface area contributed by atoms with Gasteiger partial charge in [-0.15, -0.1) is 11.3 Å². The fourth-order valence-electron chi connectivity index (χ4n) is 4.91. The largest absolute Gasteiger partial charge is 0.497 e. The van der Waals surface area contributed by atoms with Crippen molar-refractivity contribution in [3.05, 3.63) is 46.3 Å². The Kier molecular flexibility index (Phi) is 12.5. The standard InChI is InChI=1S/C27H35ClF3N3O9S3/c1-15(2)23(24(35)27(29,30)31)32-25(36)20-11-18(45(38,39)14-16-5-7-17(43-4)8-6-16)12-34(20)26(37)19(13-42-3)33-46(40,41)22-10-9-21(28)44-22/h5-10,15,18-20,23-24,33,35H,11-14H2,1-4H3,(H,32,36)/t18-,19+,20+,23+,24+/m1/s1. The van der Waals surface area contributed by atoms with Gasteiger partial charge in [0.2, 0.25) is 11.8 Å². The summed E-state index contributed by atoms with van der Waals surface area (Å²) in [6.07, 6.45) is -8.55. The molecule has 1 fully saturated rings. The number of carbonyl (C=O) groups is 2. The zero-order valence-corrected chi connectivity index (χ0v) is 28.4. The van der Waals surface area contributed by atoms with Gasteiger partial charge in [0.05, 0.1) is 35.1 Å². The number of amides is 2. The quantitative estimate of drug-likeness (QED) is 0.264. The number of sulfonamides is 1. The van der Waals surface area contributed by atoms with Gasteiger partial charge in [-0.2, -0.15) is 17.9 Å². The van der Waals surface area contributed by atoms with Crippen LogP contribution in [0.3, 0.4) is 0 Å². The van der Waals surface area contributed by atoms with E-state index in [2.05, 4.69) is 10.0 Å². The van der Waals surface area contributed by atoms with Crippen molar-refractivity contribution in [2.45, 2.75) is 65.9 Å². The number of sulfone groups is 1. The number of aliphatic hydroxyl groups is 1. The van der Waals surface area contributed by atoms with E-state index in [1.807, 2.05) is 0 Å². The van der Waals surface area contributed by atoms with Crippen LogP contribution < -0.4 is 14.8 Å². The van der Waals surface area contributed by atoms with Gasteiger partial charge in [0.25, 0.3) is 10.0 Å². The number of ether oxygens (including phenoxy) is 2. The van der Waals surface area contributed by atoms with Crippen LogP contribution in [-0.2, 0) is 39.9 Å². The summed E-state index contributed by atoms with van der Waals surface area (Å²) in [5.74, 6) is -3.14. The van der Waals surface area contributed by atoms with Crippen LogP contribution in [0.5, 0.6) is 5.75 Å². The van der Waals surface area contributed by atoms with Gasteiger partial charge < -0.3 is 24.8 Å². The van der Waals surface area contributed by atoms with Gasteiger partial charge in [-0.1, -0.05) is 37.6 Å². The Balaban J connectivity index is 1.97. The van der Waals surface area contributed by atoms with Gasteiger partial charge in [0.1, 0.15) is 22.0 Å². The predicted octanol–water partition coefficient (Wildman–Crippen LogP) is 2.35. The second-order valence-electron chi connectivity index (χ2n) is 11.0. The molecule has 1 saturated heterocycles. The first-order valence-electron chi connectivity index (χ1n) is 13.8. The average Bonchev–Trinajstić information content (AvgIpc) is 3.62. The highest BCUT2D eigenvalue weighted by atomic mass is 35.5. The number of nitrogens with zero attached hydrogens (tertiary/aromatic N) is 1. The molecular weight excluding hydrogens is 699 g/mol. The summed E-state index contributed by atoms with van der Waals surface area (Å²) >= 11 is 6.57. The van der Waals surface area contributed by atoms with Gasteiger partial charge in [-0.05, 0) is 42.2 Å². The van der Waals surface area contributed by atoms with Gasteiger partial charge >= 0.3 is 6.18 Å². The minimum atomic E-state index is -5.09. The molecule has 2 amide bonds. The molecular formula is C27H35ClF3N3O9S3. The van der Waals surface area contributed by atoms with Crippen molar-refractivity contribution >= 4 is 54.6 Å². The smallest absolute Gasteiger partial charge is 0.416 e. The maximum Gasteiger partial charge on any atom is 0.416 e. The number of halogens is 4. The van der Waals surface area contributed by atoms with Gasteiger partial charge in [0.15, 0.2) is 15.9 Å². The second kappa shape index (κ2) is 15.2. The van der Waals surface area contributed by atoms with Crippen molar-refractivity contribution < 1.29 is 54.2 Å². The van der Waals surface area contributed by atoms with Crippen molar-refractivity contribution in [1.29, 1.82) is 0 Å². The van der Waals surface area contributed by atoms with E-state index in [4.69, 9.17) is 21.1 Å². The third-order valence-electron chi connectivity index (χ3n) is 7.33. The molecule has 3 rings (SSSR count). The molecule has 12 nitrogen and oxygen atoms in total. The third kappa shape index (κ3) is 9.32. The molecule has 1 aromatic heterocycles. The lowest BCUT2D eigenvalue weighted by molar-refractivity contribution is -0.215. The Hall–Kier alpha value is -2.48. The SMILES string of the molecule is COC[C@H](NS(=O)(=O)c1ccc(Cl)s1)C(=O)N1C[C@H](S(=O)(=O)Cc2ccc(OC)cc2)C[C@H]1C(=O)N[C@@H](C(C)C)[C@H](O)C(F)(F)F. The van der Waals surface area contributed by atoms with E-state index in [9.17, 15) is 44.7 Å². The first-order chi connectivity index (χ1) is 21.3. The molecule has 19 heteroatoms. The fraction of sp³-hybridized carbons (Fsp3) is 0.556. The summed E-state index contributed by atoms with van der Waals surface area (Å²) in [6.45, 7) is 1.56. The predicted molar refractivity (Wildman–Crippen MR) is 164 cm³/mol. The molecule has 0 bridgehead atoms. The Morgan fingerprint density at radius 2 is 1.74 bits per heavy atom. The zero-order chi connectivity index (χ0) is 34.6. The lowest BCUT2D eigenvalue weighted by atomic mass is 9.97. The number of carbonyl (C=O) groups excluding carboxylic acids is 2. The second-order valence-corrected chi connectivity index (χ2v) is 16.9. The summed E-state index contributed by atoms with van der Waals surface area (Å²) in [5, 5.41) is 10.7. The molecule has 1 aromatic carbocycles. The zero-order valence-electron chi connectivity index (χ0n) is 25.2. The Labute approximate surface area is 274 Å². The monoisotopic (exact) mass is 733 g/mol. The Bertz CT molecular complexity index is 1590. The molecule has 46 heavy (non-hydrogen) atoms. The van der Waals surface area contributed by atoms with Crippen LogP contribution in [0, 0.1) is 5.92 Å². The Morgan fingerprint density at radius 1 is 1.11 bits per heavy atom. The molecule has 1 aliphatic heterocycles. The molecule has 0 saturated carbocycles. The molecule has 0 aliphatic carbocycles. The molecule has 0 unspecified atom stereocenters. The van der Waals surface area contributed by atoms with Crippen LogP contribution >= 0.6 is 22.9 Å². The van der Waals surface area contributed by atoms with Crippen LogP contribution in [0.2, 0.25) is 4.34 Å². The maximum atomic E-state index is 13.9. The van der Waals surface area contributed by atoms with E-state index in [0.29, 0.717) is 22.6 Å². The van der Waals surface area contributed by atoms with Gasteiger partial charge in [-0.3, -0.25) is 9.59 Å². The highest BCUT2D eigenvalue weighted by molar-refractivity contribution is 7.91. The maximum absolute atomic E-state index is 13.9. The minimum Gasteiger partial charge on any atom is -0.497 e. The van der Waals surface area contributed by atoms with Crippen LogP contribution in [0.4, 0.5) is 13.2 Å². The molecule has 1 aliphatic rings. The van der Waals surface area contributed by atoms with Crippen LogP contribution in [0.15, 0.2) is 40.6 Å². The van der Waals surface area contributed by atoms with Crippen LogP contribution in [-0.4, -0.2) is 102 Å². The number of hydrogen-bond donors (Lipinski definition) is 3. The number of aliphatic hydroxyl groups excluding tert-OH is 1. The van der Waals surface area contributed by atoms with Gasteiger partial charge in [0, 0.05) is 13.7 Å². The van der Waals surface area contributed by atoms with Crippen molar-refractivity contribution in [2.24, 2.45) is 5.92 Å². The van der Waals surface area contributed by atoms with Gasteiger partial charge in [-0.25, -0.2) is 16.8 Å². The summed E-state index contributed by atoms with van der Waals surface area (Å²) < 4.78 is 106. The lowest BCUT2D eigenvalue weighted by Gasteiger charge is -2.32. The summed E-state index contributed by atoms with van der Waals surface area (Å²) in [4.78, 5) is 28.2. The lowest BCUT2D eigenvalue weighted by Crippen LogP contribution is -2.58. The summed E-state index contributed by atoms with van der Waals surface area (Å²) in [6, 6.07) is 3.53. The molecule has 0 radical (unpaired) electrons. The van der Waals surface area contributed by atoms with E-state index in [1.54, 1.807) is 12.1 Å². The van der Waals surface area contributed by atoms with Crippen LogP contribution in [0.25, 0.3) is 0 Å². The highest BCUT2D eigenvalue weighted by Crippen LogP contribution is 2.30. The number of methoxy groups -OCH3 is 2. The van der Waals surface area contributed by atoms with E-state index >= 15 is 0 Å². The van der Waals surface area contributed by atoms with E-state index in [1.165, 1.54) is 52.3 Å². The van der Waals surface area contributed by atoms with Crippen molar-refractivity contribution in [3.8, 4) is 5.75 Å². The number of benzene rings is 1. The van der Waals surface area contributed by atoms with Crippen molar-refractivity contribution in [3.63, 3.8) is 0 Å². The molecule has 2 heterocycles. The number of alkyl halides is 3. The first-order valence-corrected chi connectivity index (χ1v) is 18.2. The number of likely N-dealkylation sites (tertiary alicyclic amines) is 1. The fourth-order valence-corrected chi connectivity index (χ4v) is 9.34. The Morgan fingerprint density at radius 3 is 2.24 bits per heavy atom.